The quantitative estimate of drug-likeness (QED) is 0.707. The van der Waals surface area contributed by atoms with Crippen molar-refractivity contribution in [2.75, 3.05) is 0 Å². The highest BCUT2D eigenvalue weighted by Crippen LogP contribution is 2.19. The molecule has 0 spiro atoms. The van der Waals surface area contributed by atoms with Crippen molar-refractivity contribution in [1.82, 2.24) is 4.98 Å². The first-order valence-electron chi connectivity index (χ1n) is 3.90. The smallest absolute Gasteiger partial charge is 0.158 e. The van der Waals surface area contributed by atoms with Gasteiger partial charge in [0.15, 0.2) is 5.78 Å². The SMILES string of the molecule is C=C(C(C)=O)[C@H](O)c1cccnc1. The number of aliphatic hydroxyl groups is 1. The zero-order valence-corrected chi connectivity index (χ0v) is 7.40. The van der Waals surface area contributed by atoms with Crippen molar-refractivity contribution in [3.8, 4) is 0 Å². The molecule has 0 aliphatic rings. The fraction of sp³-hybridized carbons (Fsp3) is 0.200. The first kappa shape index (κ1) is 9.61. The van der Waals surface area contributed by atoms with E-state index in [-0.39, 0.29) is 11.4 Å². The van der Waals surface area contributed by atoms with E-state index in [1.54, 1.807) is 18.3 Å². The maximum atomic E-state index is 10.9. The first-order valence-corrected chi connectivity index (χ1v) is 3.90. The average molecular weight is 177 g/mol. The molecule has 0 saturated carbocycles. The second kappa shape index (κ2) is 3.96. The summed E-state index contributed by atoms with van der Waals surface area (Å²) in [6.45, 7) is 4.88. The van der Waals surface area contributed by atoms with Gasteiger partial charge in [0.2, 0.25) is 0 Å². The second-order valence-electron chi connectivity index (χ2n) is 2.77. The number of hydrogen-bond acceptors (Lipinski definition) is 3. The number of Topliss-reactive ketones (excluding diaryl/α,β-unsaturated/α-hetero) is 1. The molecule has 0 radical (unpaired) electrons. The van der Waals surface area contributed by atoms with Crippen LogP contribution < -0.4 is 0 Å². The molecule has 68 valence electrons. The molecule has 0 fully saturated rings. The Hall–Kier alpha value is -1.48. The number of hydrogen-bond donors (Lipinski definition) is 1. The predicted molar refractivity (Wildman–Crippen MR) is 49.0 cm³/mol. The number of nitrogens with zero attached hydrogens (tertiary/aromatic N) is 1. The summed E-state index contributed by atoms with van der Waals surface area (Å²) in [7, 11) is 0. The Morgan fingerprint density at radius 2 is 2.38 bits per heavy atom. The normalized spacial score (nSPS) is 12.2. The first-order chi connectivity index (χ1) is 6.13. The van der Waals surface area contributed by atoms with E-state index in [4.69, 9.17) is 0 Å². The molecule has 3 heteroatoms. The third kappa shape index (κ3) is 2.23. The largest absolute Gasteiger partial charge is 0.383 e. The zero-order valence-electron chi connectivity index (χ0n) is 7.40. The molecule has 3 nitrogen and oxygen atoms in total. The van der Waals surface area contributed by atoms with Gasteiger partial charge in [-0.15, -0.1) is 0 Å². The average Bonchev–Trinajstić information content (AvgIpc) is 2.17. The highest BCUT2D eigenvalue weighted by molar-refractivity contribution is 5.93. The van der Waals surface area contributed by atoms with Gasteiger partial charge >= 0.3 is 0 Å². The van der Waals surface area contributed by atoms with Gasteiger partial charge in [-0.05, 0) is 13.0 Å². The third-order valence-electron chi connectivity index (χ3n) is 1.78. The molecule has 1 rings (SSSR count). The van der Waals surface area contributed by atoms with Gasteiger partial charge in [-0.25, -0.2) is 0 Å². The van der Waals surface area contributed by atoms with Crippen molar-refractivity contribution in [2.24, 2.45) is 0 Å². The standard InChI is InChI=1S/C10H11NO2/c1-7(8(2)12)10(13)9-4-3-5-11-6-9/h3-6,10,13H,1H2,2H3/t10-/m0/s1. The molecule has 0 aliphatic carbocycles. The Balaban J connectivity index is 2.86. The minimum Gasteiger partial charge on any atom is -0.383 e. The summed E-state index contributed by atoms with van der Waals surface area (Å²) in [6.07, 6.45) is 2.18. The maximum absolute atomic E-state index is 10.9. The van der Waals surface area contributed by atoms with E-state index in [0.29, 0.717) is 5.56 Å². The number of carbonyl (C=O) groups excluding carboxylic acids is 1. The lowest BCUT2D eigenvalue weighted by atomic mass is 10.0. The van der Waals surface area contributed by atoms with Crippen LogP contribution in [-0.4, -0.2) is 15.9 Å². The highest BCUT2D eigenvalue weighted by Gasteiger charge is 2.14. The van der Waals surface area contributed by atoms with E-state index in [1.165, 1.54) is 13.1 Å². The summed E-state index contributed by atoms with van der Waals surface area (Å²) in [6, 6.07) is 3.40. The van der Waals surface area contributed by atoms with Gasteiger partial charge in [-0.1, -0.05) is 12.6 Å². The molecule has 1 N–H and O–H groups in total. The third-order valence-corrected chi connectivity index (χ3v) is 1.78. The van der Waals surface area contributed by atoms with E-state index in [9.17, 15) is 9.90 Å². The monoisotopic (exact) mass is 177 g/mol. The van der Waals surface area contributed by atoms with Crippen molar-refractivity contribution >= 4 is 5.78 Å². The summed E-state index contributed by atoms with van der Waals surface area (Å²) in [5.41, 5.74) is 0.774. The topological polar surface area (TPSA) is 50.2 Å². The van der Waals surface area contributed by atoms with Crippen LogP contribution in [0.3, 0.4) is 0 Å². The van der Waals surface area contributed by atoms with Crippen LogP contribution >= 0.6 is 0 Å². The molecule has 0 amide bonds. The number of carbonyl (C=O) groups is 1. The molecular formula is C10H11NO2. The Labute approximate surface area is 76.7 Å². The molecule has 0 saturated heterocycles. The molecule has 0 bridgehead atoms. The van der Waals surface area contributed by atoms with E-state index in [2.05, 4.69) is 11.6 Å². The van der Waals surface area contributed by atoms with Crippen LogP contribution in [-0.2, 0) is 4.79 Å². The summed E-state index contributed by atoms with van der Waals surface area (Å²) in [4.78, 5) is 14.7. The number of pyridine rings is 1. The van der Waals surface area contributed by atoms with Gasteiger partial charge in [0.05, 0.1) is 0 Å². The fourth-order valence-corrected chi connectivity index (χ4v) is 0.931. The Morgan fingerprint density at radius 1 is 1.69 bits per heavy atom. The summed E-state index contributed by atoms with van der Waals surface area (Å²) in [5, 5.41) is 9.60. The molecule has 1 heterocycles. The van der Waals surface area contributed by atoms with Crippen molar-refractivity contribution < 1.29 is 9.90 Å². The Kier molecular flexibility index (Phi) is 2.93. The van der Waals surface area contributed by atoms with Crippen LogP contribution in [0.25, 0.3) is 0 Å². The fourth-order valence-electron chi connectivity index (χ4n) is 0.931. The second-order valence-corrected chi connectivity index (χ2v) is 2.77. The van der Waals surface area contributed by atoms with Crippen molar-refractivity contribution in [3.05, 3.63) is 42.2 Å². The van der Waals surface area contributed by atoms with Crippen molar-refractivity contribution in [2.45, 2.75) is 13.0 Å². The lowest BCUT2D eigenvalue weighted by Crippen LogP contribution is -2.07. The predicted octanol–water partition coefficient (Wildman–Crippen LogP) is 1.26. The van der Waals surface area contributed by atoms with Crippen LogP contribution in [0.1, 0.15) is 18.6 Å². The minimum atomic E-state index is -0.939. The van der Waals surface area contributed by atoms with E-state index >= 15 is 0 Å². The van der Waals surface area contributed by atoms with Gasteiger partial charge in [-0.3, -0.25) is 9.78 Å². The molecule has 1 aromatic heterocycles. The highest BCUT2D eigenvalue weighted by atomic mass is 16.3. The Bertz CT molecular complexity index is 319. The minimum absolute atomic E-state index is 0.188. The molecule has 0 aliphatic heterocycles. The molecular weight excluding hydrogens is 166 g/mol. The van der Waals surface area contributed by atoms with Crippen LogP contribution in [0.15, 0.2) is 36.7 Å². The van der Waals surface area contributed by atoms with Crippen LogP contribution in [0.4, 0.5) is 0 Å². The van der Waals surface area contributed by atoms with Gasteiger partial charge in [0.25, 0.3) is 0 Å². The number of rotatable bonds is 3. The number of ketones is 1. The van der Waals surface area contributed by atoms with Crippen molar-refractivity contribution in [1.29, 1.82) is 0 Å². The van der Waals surface area contributed by atoms with Crippen LogP contribution in [0.5, 0.6) is 0 Å². The van der Waals surface area contributed by atoms with Gasteiger partial charge in [-0.2, -0.15) is 0 Å². The van der Waals surface area contributed by atoms with E-state index < -0.39 is 6.10 Å². The molecule has 1 atom stereocenters. The van der Waals surface area contributed by atoms with Crippen LogP contribution in [0.2, 0.25) is 0 Å². The summed E-state index contributed by atoms with van der Waals surface area (Å²) in [5.74, 6) is -0.212. The molecule has 13 heavy (non-hydrogen) atoms. The Morgan fingerprint density at radius 3 is 2.85 bits per heavy atom. The molecule has 1 aromatic rings. The molecule has 0 aromatic carbocycles. The van der Waals surface area contributed by atoms with Gasteiger partial charge in [0, 0.05) is 23.5 Å². The zero-order chi connectivity index (χ0) is 9.84. The van der Waals surface area contributed by atoms with Gasteiger partial charge in [0.1, 0.15) is 6.10 Å². The van der Waals surface area contributed by atoms with E-state index in [0.717, 1.165) is 0 Å². The van der Waals surface area contributed by atoms with Crippen LogP contribution in [0, 0.1) is 0 Å². The van der Waals surface area contributed by atoms with Gasteiger partial charge < -0.3 is 5.11 Å². The summed E-state index contributed by atoms with van der Waals surface area (Å²) < 4.78 is 0. The summed E-state index contributed by atoms with van der Waals surface area (Å²) >= 11 is 0. The maximum Gasteiger partial charge on any atom is 0.158 e. The number of aliphatic hydroxyl groups excluding tert-OH is 1. The number of aromatic nitrogens is 1. The lowest BCUT2D eigenvalue weighted by molar-refractivity contribution is -0.114. The van der Waals surface area contributed by atoms with Crippen molar-refractivity contribution in [3.63, 3.8) is 0 Å². The van der Waals surface area contributed by atoms with E-state index in [1.807, 2.05) is 0 Å². The molecule has 0 unspecified atom stereocenters. The lowest BCUT2D eigenvalue weighted by Gasteiger charge is -2.10.